The van der Waals surface area contributed by atoms with Gasteiger partial charge in [-0.3, -0.25) is 0 Å². The van der Waals surface area contributed by atoms with Gasteiger partial charge in [-0.15, -0.1) is 0 Å². The second kappa shape index (κ2) is 8.52. The van der Waals surface area contributed by atoms with Crippen molar-refractivity contribution in [3.63, 3.8) is 0 Å². The minimum atomic E-state index is 0.735. The van der Waals surface area contributed by atoms with Crippen molar-refractivity contribution in [3.8, 4) is 0 Å². The summed E-state index contributed by atoms with van der Waals surface area (Å²) in [6.07, 6.45) is 3.87. The smallest absolute Gasteiger partial charge is 0.00612 e. The molecule has 2 heteroatoms. The zero-order valence-electron chi connectivity index (χ0n) is 9.77. The Hall–Kier alpha value is -0.0800. The van der Waals surface area contributed by atoms with Gasteiger partial charge in [0.1, 0.15) is 0 Å². The van der Waals surface area contributed by atoms with Crippen molar-refractivity contribution < 1.29 is 0 Å². The Morgan fingerprint density at radius 2 is 1.92 bits per heavy atom. The molecular weight excluding hydrogens is 160 g/mol. The molecule has 0 aliphatic heterocycles. The van der Waals surface area contributed by atoms with E-state index >= 15 is 0 Å². The van der Waals surface area contributed by atoms with Crippen LogP contribution in [0.1, 0.15) is 40.0 Å². The summed E-state index contributed by atoms with van der Waals surface area (Å²) in [5.74, 6) is 0. The summed E-state index contributed by atoms with van der Waals surface area (Å²) in [6.45, 7) is 10.2. The van der Waals surface area contributed by atoms with Crippen LogP contribution >= 0.6 is 0 Å². The standard InChI is InChI=1S/C11H26N2/c1-5-11(3)13(4)10-8-7-9-12-6-2/h11-12H,5-10H2,1-4H3. The second-order valence-corrected chi connectivity index (χ2v) is 3.80. The van der Waals surface area contributed by atoms with Crippen LogP contribution in [0.25, 0.3) is 0 Å². The van der Waals surface area contributed by atoms with Crippen molar-refractivity contribution in [2.45, 2.75) is 46.1 Å². The van der Waals surface area contributed by atoms with Crippen LogP contribution in [0.15, 0.2) is 0 Å². The van der Waals surface area contributed by atoms with Crippen molar-refractivity contribution >= 4 is 0 Å². The lowest BCUT2D eigenvalue weighted by Gasteiger charge is -2.23. The molecule has 2 nitrogen and oxygen atoms in total. The molecule has 0 rings (SSSR count). The van der Waals surface area contributed by atoms with E-state index in [0.717, 1.165) is 12.6 Å². The molecular formula is C11H26N2. The molecule has 0 saturated heterocycles. The molecule has 0 bridgehead atoms. The van der Waals surface area contributed by atoms with Crippen LogP contribution in [0, 0.1) is 0 Å². The van der Waals surface area contributed by atoms with Gasteiger partial charge < -0.3 is 10.2 Å². The van der Waals surface area contributed by atoms with Gasteiger partial charge in [0.15, 0.2) is 0 Å². The van der Waals surface area contributed by atoms with E-state index in [0.29, 0.717) is 0 Å². The molecule has 0 saturated carbocycles. The highest BCUT2D eigenvalue weighted by Crippen LogP contribution is 2.01. The zero-order valence-corrected chi connectivity index (χ0v) is 9.77. The maximum atomic E-state index is 3.35. The summed E-state index contributed by atoms with van der Waals surface area (Å²) < 4.78 is 0. The number of hydrogen-bond donors (Lipinski definition) is 1. The van der Waals surface area contributed by atoms with E-state index in [-0.39, 0.29) is 0 Å². The monoisotopic (exact) mass is 186 g/mol. The molecule has 0 heterocycles. The van der Waals surface area contributed by atoms with E-state index in [9.17, 15) is 0 Å². The molecule has 1 unspecified atom stereocenters. The van der Waals surface area contributed by atoms with Gasteiger partial charge in [0.05, 0.1) is 0 Å². The molecule has 0 aromatic rings. The van der Waals surface area contributed by atoms with Crippen molar-refractivity contribution in [2.24, 2.45) is 0 Å². The van der Waals surface area contributed by atoms with Crippen LogP contribution < -0.4 is 5.32 Å². The molecule has 80 valence electrons. The summed E-state index contributed by atoms with van der Waals surface area (Å²) in [6, 6.07) is 0.735. The second-order valence-electron chi connectivity index (χ2n) is 3.80. The SMILES string of the molecule is CCNCCCCN(C)C(C)CC. The van der Waals surface area contributed by atoms with Gasteiger partial charge in [0.2, 0.25) is 0 Å². The first-order valence-corrected chi connectivity index (χ1v) is 5.63. The van der Waals surface area contributed by atoms with Crippen LogP contribution in [0.5, 0.6) is 0 Å². The molecule has 13 heavy (non-hydrogen) atoms. The first kappa shape index (κ1) is 12.9. The highest BCUT2D eigenvalue weighted by molar-refractivity contribution is 4.60. The molecule has 0 aliphatic carbocycles. The predicted molar refractivity (Wildman–Crippen MR) is 60.2 cm³/mol. The van der Waals surface area contributed by atoms with Gasteiger partial charge in [-0.2, -0.15) is 0 Å². The van der Waals surface area contributed by atoms with E-state index in [2.05, 4.69) is 38.0 Å². The number of unbranched alkanes of at least 4 members (excludes halogenated alkanes) is 1. The molecule has 0 fully saturated rings. The molecule has 0 radical (unpaired) electrons. The van der Waals surface area contributed by atoms with Gasteiger partial charge in [-0.25, -0.2) is 0 Å². The van der Waals surface area contributed by atoms with Crippen molar-refractivity contribution in [1.29, 1.82) is 0 Å². The number of hydrogen-bond acceptors (Lipinski definition) is 2. The molecule has 0 spiro atoms. The summed E-state index contributed by atoms with van der Waals surface area (Å²) in [4.78, 5) is 2.45. The lowest BCUT2D eigenvalue weighted by atomic mass is 10.2. The Balaban J connectivity index is 3.21. The maximum absolute atomic E-state index is 3.35. The van der Waals surface area contributed by atoms with Crippen LogP contribution in [0.4, 0.5) is 0 Å². The number of nitrogens with zero attached hydrogens (tertiary/aromatic N) is 1. The van der Waals surface area contributed by atoms with Gasteiger partial charge in [-0.05, 0) is 52.9 Å². The largest absolute Gasteiger partial charge is 0.317 e. The average molecular weight is 186 g/mol. The van der Waals surface area contributed by atoms with Crippen LogP contribution in [-0.2, 0) is 0 Å². The lowest BCUT2D eigenvalue weighted by molar-refractivity contribution is 0.247. The fraction of sp³-hybridized carbons (Fsp3) is 1.00. The van der Waals surface area contributed by atoms with E-state index in [1.807, 2.05) is 0 Å². The van der Waals surface area contributed by atoms with Gasteiger partial charge in [-0.1, -0.05) is 13.8 Å². The van der Waals surface area contributed by atoms with E-state index < -0.39 is 0 Å². The highest BCUT2D eigenvalue weighted by Gasteiger charge is 2.04. The average Bonchev–Trinajstić information content (AvgIpc) is 2.16. The molecule has 0 amide bonds. The Labute approximate surface area is 83.7 Å². The maximum Gasteiger partial charge on any atom is 0.00612 e. The van der Waals surface area contributed by atoms with Gasteiger partial charge in [0.25, 0.3) is 0 Å². The van der Waals surface area contributed by atoms with Gasteiger partial charge in [0, 0.05) is 6.04 Å². The third-order valence-electron chi connectivity index (χ3n) is 2.71. The minimum Gasteiger partial charge on any atom is -0.317 e. The predicted octanol–water partition coefficient (Wildman–Crippen LogP) is 2.11. The van der Waals surface area contributed by atoms with Crippen LogP contribution in [0.2, 0.25) is 0 Å². The van der Waals surface area contributed by atoms with Crippen LogP contribution in [0.3, 0.4) is 0 Å². The Morgan fingerprint density at radius 1 is 1.23 bits per heavy atom. The summed E-state index contributed by atoms with van der Waals surface area (Å²) in [7, 11) is 2.22. The van der Waals surface area contributed by atoms with Crippen LogP contribution in [-0.4, -0.2) is 37.6 Å². The first-order chi connectivity index (χ1) is 6.22. The normalized spacial score (nSPS) is 13.6. The topological polar surface area (TPSA) is 15.3 Å². The van der Waals surface area contributed by atoms with Crippen molar-refractivity contribution in [1.82, 2.24) is 10.2 Å². The van der Waals surface area contributed by atoms with E-state index in [1.54, 1.807) is 0 Å². The quantitative estimate of drug-likeness (QED) is 0.584. The van der Waals surface area contributed by atoms with E-state index in [1.165, 1.54) is 32.4 Å². The number of nitrogens with one attached hydrogen (secondary N) is 1. The third-order valence-corrected chi connectivity index (χ3v) is 2.71. The Bertz CT molecular complexity index is 104. The first-order valence-electron chi connectivity index (χ1n) is 5.63. The zero-order chi connectivity index (χ0) is 10.1. The Kier molecular flexibility index (Phi) is 8.46. The van der Waals surface area contributed by atoms with Crippen molar-refractivity contribution in [3.05, 3.63) is 0 Å². The Morgan fingerprint density at radius 3 is 2.46 bits per heavy atom. The molecule has 0 aromatic heterocycles. The molecule has 1 N–H and O–H groups in total. The summed E-state index contributed by atoms with van der Waals surface area (Å²) in [5, 5.41) is 3.35. The molecule has 0 aromatic carbocycles. The third kappa shape index (κ3) is 7.03. The minimum absolute atomic E-state index is 0.735. The molecule has 0 aliphatic rings. The van der Waals surface area contributed by atoms with E-state index in [4.69, 9.17) is 0 Å². The van der Waals surface area contributed by atoms with Gasteiger partial charge >= 0.3 is 0 Å². The highest BCUT2D eigenvalue weighted by atomic mass is 15.1. The fourth-order valence-electron chi connectivity index (χ4n) is 1.32. The summed E-state index contributed by atoms with van der Waals surface area (Å²) in [5.41, 5.74) is 0. The lowest BCUT2D eigenvalue weighted by Crippen LogP contribution is -2.29. The van der Waals surface area contributed by atoms with Crippen molar-refractivity contribution in [2.75, 3.05) is 26.7 Å². The number of rotatable bonds is 8. The fourth-order valence-corrected chi connectivity index (χ4v) is 1.32. The summed E-state index contributed by atoms with van der Waals surface area (Å²) >= 11 is 0. The molecule has 1 atom stereocenters.